The minimum absolute atomic E-state index is 0.215. The number of fused-ring (bicyclic) bond motifs is 1. The third-order valence-corrected chi connectivity index (χ3v) is 3.13. The van der Waals surface area contributed by atoms with Gasteiger partial charge in [0.25, 0.3) is 0 Å². The Bertz CT molecular complexity index is 685. The van der Waals surface area contributed by atoms with Crippen LogP contribution < -0.4 is 5.32 Å². The van der Waals surface area contributed by atoms with Crippen molar-refractivity contribution in [3.05, 3.63) is 59.9 Å². The molecule has 0 bridgehead atoms. The van der Waals surface area contributed by atoms with Crippen LogP contribution in [0, 0.1) is 5.82 Å². The van der Waals surface area contributed by atoms with Crippen molar-refractivity contribution >= 4 is 11.0 Å². The second kappa shape index (κ2) is 4.86. The van der Waals surface area contributed by atoms with E-state index < -0.39 is 0 Å². The number of nitrogens with one attached hydrogen (secondary N) is 1. The van der Waals surface area contributed by atoms with Gasteiger partial charge in [0.2, 0.25) is 0 Å². The van der Waals surface area contributed by atoms with E-state index in [1.54, 1.807) is 13.1 Å². The molecule has 3 aromatic rings. The lowest BCUT2D eigenvalue weighted by Crippen LogP contribution is -2.06. The molecule has 0 aliphatic carbocycles. The zero-order valence-corrected chi connectivity index (χ0v) is 10.6. The summed E-state index contributed by atoms with van der Waals surface area (Å²) in [6.07, 6.45) is 0. The molecule has 0 saturated carbocycles. The molecule has 0 unspecified atom stereocenters. The van der Waals surface area contributed by atoms with Crippen molar-refractivity contribution in [3.63, 3.8) is 0 Å². The van der Waals surface area contributed by atoms with Crippen LogP contribution in [0.15, 0.2) is 52.9 Å². The monoisotopic (exact) mass is 255 g/mol. The zero-order chi connectivity index (χ0) is 13.2. The first-order valence-corrected chi connectivity index (χ1v) is 6.20. The molecule has 0 aliphatic heterocycles. The fraction of sp³-hybridized carbons (Fsp3) is 0.125. The predicted octanol–water partition coefficient (Wildman–Crippen LogP) is 3.96. The van der Waals surface area contributed by atoms with E-state index in [2.05, 4.69) is 5.32 Å². The summed E-state index contributed by atoms with van der Waals surface area (Å²) in [5, 5.41) is 3.97. The molecule has 1 heterocycles. The summed E-state index contributed by atoms with van der Waals surface area (Å²) in [6.45, 7) is 0.520. The maximum atomic E-state index is 13.9. The maximum Gasteiger partial charge on any atom is 0.135 e. The van der Waals surface area contributed by atoms with E-state index in [4.69, 9.17) is 4.42 Å². The van der Waals surface area contributed by atoms with Gasteiger partial charge >= 0.3 is 0 Å². The normalized spacial score (nSPS) is 11.1. The van der Waals surface area contributed by atoms with Gasteiger partial charge in [-0.25, -0.2) is 4.39 Å². The molecule has 3 rings (SSSR count). The Labute approximate surface area is 110 Å². The van der Waals surface area contributed by atoms with Gasteiger partial charge in [0, 0.05) is 23.1 Å². The summed E-state index contributed by atoms with van der Waals surface area (Å²) < 4.78 is 19.6. The van der Waals surface area contributed by atoms with E-state index in [0.717, 1.165) is 16.5 Å². The van der Waals surface area contributed by atoms with E-state index in [-0.39, 0.29) is 5.82 Å². The lowest BCUT2D eigenvalue weighted by molar-refractivity contribution is 0.597. The van der Waals surface area contributed by atoms with Crippen molar-refractivity contribution in [1.82, 2.24) is 5.32 Å². The average Bonchev–Trinajstić information content (AvgIpc) is 2.85. The van der Waals surface area contributed by atoms with Crippen LogP contribution in [0.4, 0.5) is 4.39 Å². The Morgan fingerprint density at radius 3 is 2.68 bits per heavy atom. The molecule has 0 aliphatic rings. The van der Waals surface area contributed by atoms with Crippen LogP contribution in [0.5, 0.6) is 0 Å². The number of para-hydroxylation sites is 1. The van der Waals surface area contributed by atoms with Crippen LogP contribution in [-0.4, -0.2) is 7.05 Å². The molecule has 1 N–H and O–H groups in total. The number of hydrogen-bond donors (Lipinski definition) is 1. The first-order valence-electron chi connectivity index (χ1n) is 6.20. The molecule has 2 aromatic carbocycles. The van der Waals surface area contributed by atoms with E-state index >= 15 is 0 Å². The summed E-state index contributed by atoms with van der Waals surface area (Å²) >= 11 is 0. The highest BCUT2D eigenvalue weighted by molar-refractivity contribution is 5.82. The minimum Gasteiger partial charge on any atom is -0.456 e. The van der Waals surface area contributed by atoms with Crippen molar-refractivity contribution in [2.24, 2.45) is 0 Å². The largest absolute Gasteiger partial charge is 0.456 e. The summed E-state index contributed by atoms with van der Waals surface area (Å²) in [4.78, 5) is 0. The molecule has 0 fully saturated rings. The first kappa shape index (κ1) is 11.9. The van der Waals surface area contributed by atoms with Crippen LogP contribution in [0.25, 0.3) is 22.3 Å². The minimum atomic E-state index is -0.215. The highest BCUT2D eigenvalue weighted by Gasteiger charge is 2.08. The van der Waals surface area contributed by atoms with Crippen molar-refractivity contribution in [2.45, 2.75) is 6.54 Å². The number of hydrogen-bond acceptors (Lipinski definition) is 2. The van der Waals surface area contributed by atoms with Gasteiger partial charge in [0.05, 0.1) is 0 Å². The fourth-order valence-corrected chi connectivity index (χ4v) is 2.16. The van der Waals surface area contributed by atoms with E-state index in [0.29, 0.717) is 17.9 Å². The van der Waals surface area contributed by atoms with Gasteiger partial charge in [-0.2, -0.15) is 0 Å². The third kappa shape index (κ3) is 2.25. The van der Waals surface area contributed by atoms with Crippen LogP contribution in [0.3, 0.4) is 0 Å². The summed E-state index contributed by atoms with van der Waals surface area (Å²) in [7, 11) is 1.80. The van der Waals surface area contributed by atoms with Gasteiger partial charge in [-0.15, -0.1) is 0 Å². The Morgan fingerprint density at radius 1 is 1.11 bits per heavy atom. The Morgan fingerprint density at radius 2 is 1.95 bits per heavy atom. The van der Waals surface area contributed by atoms with Gasteiger partial charge in [-0.3, -0.25) is 0 Å². The van der Waals surface area contributed by atoms with Gasteiger partial charge < -0.3 is 9.73 Å². The molecule has 1 aromatic heterocycles. The van der Waals surface area contributed by atoms with Crippen LogP contribution in [0.1, 0.15) is 5.56 Å². The molecular formula is C16H14FNO. The fourth-order valence-electron chi connectivity index (χ4n) is 2.16. The molecule has 0 spiro atoms. The lowest BCUT2D eigenvalue weighted by atomic mass is 10.1. The SMILES string of the molecule is CNCc1ccc(-c2cc3ccccc3o2)cc1F. The summed E-state index contributed by atoms with van der Waals surface area (Å²) in [5.41, 5.74) is 2.23. The molecular weight excluding hydrogens is 241 g/mol. The van der Waals surface area contributed by atoms with Crippen molar-refractivity contribution < 1.29 is 8.81 Å². The average molecular weight is 255 g/mol. The maximum absolute atomic E-state index is 13.9. The quantitative estimate of drug-likeness (QED) is 0.766. The van der Waals surface area contributed by atoms with E-state index in [1.165, 1.54) is 6.07 Å². The highest BCUT2D eigenvalue weighted by Crippen LogP contribution is 2.28. The molecule has 2 nitrogen and oxygen atoms in total. The van der Waals surface area contributed by atoms with Gasteiger partial charge in [0.1, 0.15) is 17.2 Å². The van der Waals surface area contributed by atoms with Crippen LogP contribution in [0.2, 0.25) is 0 Å². The van der Waals surface area contributed by atoms with Gasteiger partial charge in [0.15, 0.2) is 0 Å². The smallest absolute Gasteiger partial charge is 0.135 e. The summed E-state index contributed by atoms with van der Waals surface area (Å²) in [5.74, 6) is 0.475. The topological polar surface area (TPSA) is 25.2 Å². The van der Waals surface area contributed by atoms with Crippen molar-refractivity contribution in [3.8, 4) is 11.3 Å². The molecule has 0 radical (unpaired) electrons. The van der Waals surface area contributed by atoms with Crippen LogP contribution in [-0.2, 0) is 6.54 Å². The molecule has 0 amide bonds. The lowest BCUT2D eigenvalue weighted by Gasteiger charge is -2.03. The predicted molar refractivity (Wildman–Crippen MR) is 74.4 cm³/mol. The number of furan rings is 1. The molecule has 0 atom stereocenters. The second-order valence-corrected chi connectivity index (χ2v) is 4.48. The van der Waals surface area contributed by atoms with Gasteiger partial charge in [-0.05, 0) is 25.2 Å². The molecule has 19 heavy (non-hydrogen) atoms. The first-order chi connectivity index (χ1) is 9.28. The Balaban J connectivity index is 2.03. The van der Waals surface area contributed by atoms with E-state index in [1.807, 2.05) is 36.4 Å². The summed E-state index contributed by atoms with van der Waals surface area (Å²) in [6, 6.07) is 14.9. The standard InChI is InChI=1S/C16H14FNO/c1-18-10-13-7-6-12(8-14(13)17)16-9-11-4-2-3-5-15(11)19-16/h2-9,18H,10H2,1H3. The third-order valence-electron chi connectivity index (χ3n) is 3.13. The number of halogens is 1. The number of rotatable bonds is 3. The highest BCUT2D eigenvalue weighted by atomic mass is 19.1. The van der Waals surface area contributed by atoms with Crippen molar-refractivity contribution in [2.75, 3.05) is 7.05 Å². The molecule has 3 heteroatoms. The Hall–Kier alpha value is -2.13. The molecule has 0 saturated heterocycles. The van der Waals surface area contributed by atoms with Crippen molar-refractivity contribution in [1.29, 1.82) is 0 Å². The van der Waals surface area contributed by atoms with Crippen LogP contribution >= 0.6 is 0 Å². The number of benzene rings is 2. The second-order valence-electron chi connectivity index (χ2n) is 4.48. The molecule has 96 valence electrons. The van der Waals surface area contributed by atoms with E-state index in [9.17, 15) is 4.39 Å². The zero-order valence-electron chi connectivity index (χ0n) is 10.6. The van der Waals surface area contributed by atoms with Gasteiger partial charge in [-0.1, -0.05) is 30.3 Å². The Kier molecular flexibility index (Phi) is 3.05.